The molecule has 0 spiro atoms. The Hall–Kier alpha value is -2.22. The summed E-state index contributed by atoms with van der Waals surface area (Å²) in [5.74, 6) is 0. The topological polar surface area (TPSA) is 15.4 Å². The second kappa shape index (κ2) is 5.28. The Balaban J connectivity index is 2.22. The highest BCUT2D eigenvalue weighted by Crippen LogP contribution is 2.24. The van der Waals surface area contributed by atoms with E-state index in [0.717, 1.165) is 12.3 Å². The SMILES string of the molecule is CC[N+]1=C(c2ccccc2)C(c2ccccc2)=NC1(C)C. The van der Waals surface area contributed by atoms with Gasteiger partial charge in [-0.1, -0.05) is 48.5 Å². The molecule has 0 aromatic heterocycles. The first-order valence-electron chi connectivity index (χ1n) is 7.49. The van der Waals surface area contributed by atoms with Crippen molar-refractivity contribution >= 4 is 11.4 Å². The minimum absolute atomic E-state index is 0.203. The summed E-state index contributed by atoms with van der Waals surface area (Å²) in [7, 11) is 0. The molecule has 1 aliphatic rings. The molecule has 0 bridgehead atoms. The molecule has 21 heavy (non-hydrogen) atoms. The zero-order valence-electron chi connectivity index (χ0n) is 12.9. The van der Waals surface area contributed by atoms with Crippen molar-refractivity contribution in [2.45, 2.75) is 26.4 Å². The van der Waals surface area contributed by atoms with Gasteiger partial charge in [-0.25, -0.2) is 9.57 Å². The lowest BCUT2D eigenvalue weighted by Crippen LogP contribution is -2.34. The average Bonchev–Trinajstić information content (AvgIpc) is 2.79. The normalized spacial score (nSPS) is 17.0. The molecule has 0 saturated heterocycles. The van der Waals surface area contributed by atoms with Crippen LogP contribution >= 0.6 is 0 Å². The van der Waals surface area contributed by atoms with Crippen molar-refractivity contribution in [3.8, 4) is 0 Å². The smallest absolute Gasteiger partial charge is 0.208 e. The number of rotatable bonds is 3. The first-order chi connectivity index (χ1) is 10.1. The molecule has 2 heteroatoms. The van der Waals surface area contributed by atoms with E-state index in [4.69, 9.17) is 4.99 Å². The summed E-state index contributed by atoms with van der Waals surface area (Å²) >= 11 is 0. The Kier molecular flexibility index (Phi) is 3.46. The monoisotopic (exact) mass is 277 g/mol. The molecule has 1 aliphatic heterocycles. The third kappa shape index (κ3) is 2.42. The second-order valence-electron chi connectivity index (χ2n) is 5.78. The van der Waals surface area contributed by atoms with Crippen LogP contribution in [0.5, 0.6) is 0 Å². The maximum atomic E-state index is 5.01. The molecule has 0 fully saturated rings. The van der Waals surface area contributed by atoms with Crippen molar-refractivity contribution in [3.05, 3.63) is 71.8 Å². The first kappa shape index (κ1) is 13.7. The third-order valence-electron chi connectivity index (χ3n) is 3.95. The quantitative estimate of drug-likeness (QED) is 0.759. The van der Waals surface area contributed by atoms with Crippen LogP contribution in [-0.4, -0.2) is 28.2 Å². The Morgan fingerprint density at radius 2 is 1.38 bits per heavy atom. The predicted molar refractivity (Wildman–Crippen MR) is 88.4 cm³/mol. The molecule has 0 unspecified atom stereocenters. The summed E-state index contributed by atoms with van der Waals surface area (Å²) in [6.07, 6.45) is 0. The standard InChI is InChI=1S/C19H21N2/c1-4-21-18(16-13-9-6-10-14-16)17(20-19(21,2)3)15-11-7-5-8-12-15/h5-14H,4H2,1-3H3/q+1. The van der Waals surface area contributed by atoms with Gasteiger partial charge in [0, 0.05) is 25.0 Å². The lowest BCUT2D eigenvalue weighted by Gasteiger charge is -2.13. The van der Waals surface area contributed by atoms with Gasteiger partial charge in [-0.3, -0.25) is 0 Å². The van der Waals surface area contributed by atoms with Crippen LogP contribution in [0.1, 0.15) is 31.9 Å². The van der Waals surface area contributed by atoms with Gasteiger partial charge in [0.15, 0.2) is 0 Å². The predicted octanol–water partition coefficient (Wildman–Crippen LogP) is 3.75. The van der Waals surface area contributed by atoms with Crippen molar-refractivity contribution in [3.63, 3.8) is 0 Å². The van der Waals surface area contributed by atoms with Crippen LogP contribution in [0.4, 0.5) is 0 Å². The van der Waals surface area contributed by atoms with Crippen LogP contribution in [0.3, 0.4) is 0 Å². The lowest BCUT2D eigenvalue weighted by molar-refractivity contribution is -0.590. The average molecular weight is 277 g/mol. The van der Waals surface area contributed by atoms with E-state index in [0.29, 0.717) is 0 Å². The molecule has 0 N–H and O–H groups in total. The molecule has 3 rings (SSSR count). The van der Waals surface area contributed by atoms with E-state index in [1.165, 1.54) is 16.8 Å². The summed E-state index contributed by atoms with van der Waals surface area (Å²) in [5, 5.41) is 0. The molecule has 0 radical (unpaired) electrons. The van der Waals surface area contributed by atoms with Gasteiger partial charge in [0.05, 0.1) is 0 Å². The van der Waals surface area contributed by atoms with Crippen molar-refractivity contribution in [1.29, 1.82) is 0 Å². The fourth-order valence-electron chi connectivity index (χ4n) is 3.02. The van der Waals surface area contributed by atoms with E-state index in [2.05, 4.69) is 79.9 Å². The highest BCUT2D eigenvalue weighted by molar-refractivity contribution is 6.52. The van der Waals surface area contributed by atoms with Gasteiger partial charge in [0.2, 0.25) is 5.71 Å². The largest absolute Gasteiger partial charge is 0.250 e. The first-order valence-corrected chi connectivity index (χ1v) is 7.49. The molecule has 2 nitrogen and oxygen atoms in total. The van der Waals surface area contributed by atoms with Crippen molar-refractivity contribution in [2.75, 3.05) is 6.54 Å². The fraction of sp³-hybridized carbons (Fsp3) is 0.263. The van der Waals surface area contributed by atoms with Crippen molar-refractivity contribution in [2.24, 2.45) is 4.99 Å². The molecule has 0 saturated carbocycles. The van der Waals surface area contributed by atoms with Gasteiger partial charge in [-0.05, 0) is 19.1 Å². The molecule has 2 aromatic rings. The summed E-state index contributed by atoms with van der Waals surface area (Å²) < 4.78 is 2.38. The third-order valence-corrected chi connectivity index (χ3v) is 3.95. The van der Waals surface area contributed by atoms with Crippen molar-refractivity contribution < 1.29 is 4.58 Å². The molecule has 1 heterocycles. The van der Waals surface area contributed by atoms with Gasteiger partial charge in [0.25, 0.3) is 5.66 Å². The zero-order valence-corrected chi connectivity index (χ0v) is 12.9. The summed E-state index contributed by atoms with van der Waals surface area (Å²) in [6.45, 7) is 7.48. The van der Waals surface area contributed by atoms with E-state index in [1.807, 2.05) is 6.07 Å². The van der Waals surface area contributed by atoms with Crippen LogP contribution in [0.25, 0.3) is 0 Å². The van der Waals surface area contributed by atoms with Gasteiger partial charge in [-0.2, -0.15) is 0 Å². The Morgan fingerprint density at radius 1 is 0.857 bits per heavy atom. The maximum absolute atomic E-state index is 5.01. The van der Waals surface area contributed by atoms with Crippen LogP contribution in [0.2, 0.25) is 0 Å². The Labute approximate surface area is 126 Å². The second-order valence-corrected chi connectivity index (χ2v) is 5.78. The lowest BCUT2D eigenvalue weighted by atomic mass is 10.00. The molecule has 2 aromatic carbocycles. The molecule has 106 valence electrons. The molecular formula is C19H21N2+. The summed E-state index contributed by atoms with van der Waals surface area (Å²) in [5.41, 5.74) is 4.53. The van der Waals surface area contributed by atoms with E-state index in [9.17, 15) is 0 Å². The van der Waals surface area contributed by atoms with Gasteiger partial charge < -0.3 is 0 Å². The number of nitrogens with zero attached hydrogens (tertiary/aromatic N) is 2. The minimum atomic E-state index is -0.203. The Bertz CT molecular complexity index is 695. The van der Waals surface area contributed by atoms with Gasteiger partial charge >= 0.3 is 0 Å². The number of aliphatic imine (C=N–C) groups is 1. The molecule has 0 aliphatic carbocycles. The van der Waals surface area contributed by atoms with Crippen LogP contribution in [0.15, 0.2) is 65.7 Å². The minimum Gasteiger partial charge on any atom is -0.208 e. The maximum Gasteiger partial charge on any atom is 0.250 e. The number of hydrogen-bond donors (Lipinski definition) is 0. The van der Waals surface area contributed by atoms with Crippen LogP contribution < -0.4 is 0 Å². The van der Waals surface area contributed by atoms with Gasteiger partial charge in [0.1, 0.15) is 12.3 Å². The fourth-order valence-corrected chi connectivity index (χ4v) is 3.02. The van der Waals surface area contributed by atoms with E-state index < -0.39 is 0 Å². The highest BCUT2D eigenvalue weighted by Gasteiger charge is 2.41. The van der Waals surface area contributed by atoms with Crippen molar-refractivity contribution in [1.82, 2.24) is 0 Å². The van der Waals surface area contributed by atoms with Crippen LogP contribution in [-0.2, 0) is 0 Å². The summed E-state index contributed by atoms with van der Waals surface area (Å²) in [6, 6.07) is 21.0. The van der Waals surface area contributed by atoms with Crippen LogP contribution in [0, 0.1) is 0 Å². The Morgan fingerprint density at radius 3 is 1.90 bits per heavy atom. The summed E-state index contributed by atoms with van der Waals surface area (Å²) in [4.78, 5) is 5.01. The number of benzene rings is 2. The molecule has 0 atom stereocenters. The van der Waals surface area contributed by atoms with E-state index in [1.54, 1.807) is 0 Å². The van der Waals surface area contributed by atoms with E-state index in [-0.39, 0.29) is 5.66 Å². The molecule has 0 amide bonds. The van der Waals surface area contributed by atoms with Gasteiger partial charge in [-0.15, -0.1) is 0 Å². The molecular weight excluding hydrogens is 256 g/mol. The highest BCUT2D eigenvalue weighted by atomic mass is 15.2. The zero-order chi connectivity index (χ0) is 14.9. The van der Waals surface area contributed by atoms with E-state index >= 15 is 0 Å². The number of hydrogen-bond acceptors (Lipinski definition) is 1.